The van der Waals surface area contributed by atoms with Crippen LogP contribution in [0, 0.1) is 0 Å². The standard InChI is InChI=1S/C13H18N4O2S/c1-2-6-20-17-8-14-7-9-12(17)16-13(18)11(15-9)10-4-3-5-19-10/h7,10H,2-6,8H2,1H3,(H,16,18). The monoisotopic (exact) mass is 294 g/mol. The molecule has 0 spiro atoms. The number of aliphatic imine (C=N–C) groups is 1. The first-order valence-corrected chi connectivity index (χ1v) is 7.90. The topological polar surface area (TPSA) is 70.6 Å². The minimum Gasteiger partial charge on any atom is -0.372 e. The number of nitrogens with zero attached hydrogens (tertiary/aromatic N) is 3. The lowest BCUT2D eigenvalue weighted by atomic mass is 10.2. The number of aromatic amines is 1. The van der Waals surface area contributed by atoms with Gasteiger partial charge in [0.1, 0.15) is 30.0 Å². The fourth-order valence-electron chi connectivity index (χ4n) is 2.34. The highest BCUT2D eigenvalue weighted by atomic mass is 32.2. The van der Waals surface area contributed by atoms with Crippen LogP contribution in [-0.2, 0) is 4.74 Å². The number of nitrogens with one attached hydrogen (secondary N) is 1. The highest BCUT2D eigenvalue weighted by molar-refractivity contribution is 8.00. The summed E-state index contributed by atoms with van der Waals surface area (Å²) in [5.74, 6) is 1.75. The lowest BCUT2D eigenvalue weighted by Gasteiger charge is -2.25. The van der Waals surface area contributed by atoms with E-state index in [4.69, 9.17) is 4.74 Å². The maximum Gasteiger partial charge on any atom is 0.273 e. The summed E-state index contributed by atoms with van der Waals surface area (Å²) in [7, 11) is 0. The molecule has 3 rings (SSSR count). The average Bonchev–Trinajstić information content (AvgIpc) is 2.98. The zero-order chi connectivity index (χ0) is 13.9. The fourth-order valence-corrected chi connectivity index (χ4v) is 3.16. The Bertz CT molecular complexity index is 566. The second kappa shape index (κ2) is 5.97. The summed E-state index contributed by atoms with van der Waals surface area (Å²) in [6.07, 6.45) is 4.48. The Morgan fingerprint density at radius 1 is 1.60 bits per heavy atom. The molecule has 1 aromatic heterocycles. The van der Waals surface area contributed by atoms with Crippen molar-refractivity contribution in [2.45, 2.75) is 32.3 Å². The van der Waals surface area contributed by atoms with Crippen molar-refractivity contribution in [2.24, 2.45) is 4.99 Å². The van der Waals surface area contributed by atoms with Gasteiger partial charge < -0.3 is 9.72 Å². The molecule has 0 aromatic carbocycles. The van der Waals surface area contributed by atoms with Crippen LogP contribution in [0.15, 0.2) is 9.79 Å². The first kappa shape index (κ1) is 13.6. The minimum absolute atomic E-state index is 0.145. The Hall–Kier alpha value is -1.34. The first-order valence-electron chi connectivity index (χ1n) is 6.95. The summed E-state index contributed by atoms with van der Waals surface area (Å²) in [6.45, 7) is 3.38. The van der Waals surface area contributed by atoms with Crippen LogP contribution in [0.3, 0.4) is 0 Å². The number of H-pyrrole nitrogens is 1. The van der Waals surface area contributed by atoms with Crippen molar-refractivity contribution in [2.75, 3.05) is 23.3 Å². The molecule has 0 bridgehead atoms. The fraction of sp³-hybridized carbons (Fsp3) is 0.615. The SMILES string of the molecule is CCCSN1CN=Cc2nc(C3CCCO3)c(=O)[nH]c21. The highest BCUT2D eigenvalue weighted by Gasteiger charge is 2.25. The average molecular weight is 294 g/mol. The lowest BCUT2D eigenvalue weighted by Crippen LogP contribution is -2.29. The second-order valence-electron chi connectivity index (χ2n) is 4.85. The van der Waals surface area contributed by atoms with E-state index < -0.39 is 0 Å². The van der Waals surface area contributed by atoms with Crippen LogP contribution in [0.25, 0.3) is 0 Å². The first-order chi connectivity index (χ1) is 9.79. The van der Waals surface area contributed by atoms with E-state index in [0.717, 1.165) is 36.5 Å². The van der Waals surface area contributed by atoms with Crippen LogP contribution in [0.4, 0.5) is 5.82 Å². The molecule has 7 heteroatoms. The van der Waals surface area contributed by atoms with E-state index in [0.29, 0.717) is 19.0 Å². The quantitative estimate of drug-likeness (QED) is 0.859. The van der Waals surface area contributed by atoms with Crippen molar-refractivity contribution in [1.82, 2.24) is 9.97 Å². The maximum absolute atomic E-state index is 12.2. The molecule has 1 atom stereocenters. The molecule has 1 unspecified atom stereocenters. The van der Waals surface area contributed by atoms with Gasteiger partial charge in [-0.25, -0.2) is 4.98 Å². The van der Waals surface area contributed by atoms with Crippen LogP contribution in [0.2, 0.25) is 0 Å². The number of ether oxygens (including phenoxy) is 1. The van der Waals surface area contributed by atoms with Gasteiger partial charge in [-0.15, -0.1) is 0 Å². The van der Waals surface area contributed by atoms with Gasteiger partial charge in [-0.05, 0) is 31.2 Å². The summed E-state index contributed by atoms with van der Waals surface area (Å²) in [6, 6.07) is 0. The van der Waals surface area contributed by atoms with E-state index in [9.17, 15) is 4.79 Å². The zero-order valence-corrected chi connectivity index (χ0v) is 12.3. The zero-order valence-electron chi connectivity index (χ0n) is 11.5. The predicted molar refractivity (Wildman–Crippen MR) is 80.5 cm³/mol. The normalized spacial score (nSPS) is 21.2. The van der Waals surface area contributed by atoms with E-state index in [1.54, 1.807) is 18.2 Å². The van der Waals surface area contributed by atoms with Crippen LogP contribution >= 0.6 is 11.9 Å². The number of hydrogen-bond donors (Lipinski definition) is 1. The van der Waals surface area contributed by atoms with Gasteiger partial charge in [-0.3, -0.25) is 14.1 Å². The van der Waals surface area contributed by atoms with Crippen molar-refractivity contribution < 1.29 is 4.74 Å². The maximum atomic E-state index is 12.2. The third-order valence-electron chi connectivity index (χ3n) is 3.31. The molecule has 1 N–H and O–H groups in total. The Balaban J connectivity index is 1.92. The molecule has 1 saturated heterocycles. The van der Waals surface area contributed by atoms with E-state index in [2.05, 4.69) is 21.9 Å². The van der Waals surface area contributed by atoms with Crippen LogP contribution < -0.4 is 9.86 Å². The summed E-state index contributed by atoms with van der Waals surface area (Å²) >= 11 is 1.67. The van der Waals surface area contributed by atoms with Crippen molar-refractivity contribution in [3.05, 3.63) is 21.7 Å². The second-order valence-corrected chi connectivity index (χ2v) is 5.96. The molecule has 108 valence electrons. The molecule has 0 radical (unpaired) electrons. The van der Waals surface area contributed by atoms with E-state index in [1.807, 2.05) is 4.31 Å². The van der Waals surface area contributed by atoms with Gasteiger partial charge in [0.15, 0.2) is 0 Å². The number of fused-ring (bicyclic) bond motifs is 1. The Morgan fingerprint density at radius 2 is 2.50 bits per heavy atom. The molecule has 3 heterocycles. The van der Waals surface area contributed by atoms with Crippen molar-refractivity contribution >= 4 is 24.0 Å². The van der Waals surface area contributed by atoms with Crippen molar-refractivity contribution in [3.63, 3.8) is 0 Å². The number of aromatic nitrogens is 2. The molecular formula is C13H18N4O2S. The molecule has 1 fully saturated rings. The molecular weight excluding hydrogens is 276 g/mol. The van der Waals surface area contributed by atoms with Crippen molar-refractivity contribution in [1.29, 1.82) is 0 Å². The molecule has 6 nitrogen and oxygen atoms in total. The van der Waals surface area contributed by atoms with Crippen molar-refractivity contribution in [3.8, 4) is 0 Å². The molecule has 0 amide bonds. The van der Waals surface area contributed by atoms with E-state index >= 15 is 0 Å². The smallest absolute Gasteiger partial charge is 0.273 e. The number of anilines is 1. The summed E-state index contributed by atoms with van der Waals surface area (Å²) in [4.78, 5) is 24.0. The molecule has 0 saturated carbocycles. The third kappa shape index (κ3) is 2.60. The largest absolute Gasteiger partial charge is 0.372 e. The molecule has 2 aliphatic rings. The van der Waals surface area contributed by atoms with Crippen LogP contribution in [-0.4, -0.2) is 35.2 Å². The van der Waals surface area contributed by atoms with Gasteiger partial charge in [0.2, 0.25) is 0 Å². The Labute approximate surface area is 121 Å². The molecule has 2 aliphatic heterocycles. The van der Waals surface area contributed by atoms with Gasteiger partial charge in [0.25, 0.3) is 5.56 Å². The van der Waals surface area contributed by atoms with Crippen LogP contribution in [0.5, 0.6) is 0 Å². The Kier molecular flexibility index (Phi) is 4.07. The third-order valence-corrected chi connectivity index (χ3v) is 4.51. The number of rotatable bonds is 4. The summed E-state index contributed by atoms with van der Waals surface area (Å²) in [5.41, 5.74) is 1.06. The minimum atomic E-state index is -0.170. The molecule has 20 heavy (non-hydrogen) atoms. The summed E-state index contributed by atoms with van der Waals surface area (Å²) in [5, 5.41) is 0. The van der Waals surface area contributed by atoms with E-state index in [-0.39, 0.29) is 11.7 Å². The van der Waals surface area contributed by atoms with Gasteiger partial charge in [0.05, 0.1) is 6.21 Å². The van der Waals surface area contributed by atoms with Crippen LogP contribution in [0.1, 0.15) is 43.7 Å². The predicted octanol–water partition coefficient (Wildman–Crippen LogP) is 1.88. The summed E-state index contributed by atoms with van der Waals surface area (Å²) < 4.78 is 7.55. The molecule has 0 aliphatic carbocycles. The van der Waals surface area contributed by atoms with Gasteiger partial charge in [-0.2, -0.15) is 0 Å². The van der Waals surface area contributed by atoms with Gasteiger partial charge >= 0.3 is 0 Å². The van der Waals surface area contributed by atoms with E-state index in [1.165, 1.54) is 0 Å². The Morgan fingerprint density at radius 3 is 3.25 bits per heavy atom. The highest BCUT2D eigenvalue weighted by Crippen LogP contribution is 2.28. The lowest BCUT2D eigenvalue weighted by molar-refractivity contribution is 0.107. The van der Waals surface area contributed by atoms with Gasteiger partial charge in [0, 0.05) is 12.4 Å². The number of hydrogen-bond acceptors (Lipinski definition) is 6. The van der Waals surface area contributed by atoms with Gasteiger partial charge in [-0.1, -0.05) is 6.92 Å². The molecule has 1 aromatic rings.